The third kappa shape index (κ3) is 4.20. The zero-order valence-electron chi connectivity index (χ0n) is 11.4. The minimum atomic E-state index is -0.426. The molecule has 0 aliphatic heterocycles. The van der Waals surface area contributed by atoms with Crippen molar-refractivity contribution in [2.45, 2.75) is 13.5 Å². The standard InChI is InChI=1S/C16H14ClFO3/c1-2-20-16(19)12-5-8-15(14(17)9-12)21-10-11-3-6-13(18)7-4-11/h3-9H,2,10H2,1H3. The zero-order valence-corrected chi connectivity index (χ0v) is 12.2. The van der Waals surface area contributed by atoms with Crippen molar-refractivity contribution in [3.8, 4) is 5.75 Å². The highest BCUT2D eigenvalue weighted by atomic mass is 35.5. The van der Waals surface area contributed by atoms with Crippen LogP contribution in [-0.4, -0.2) is 12.6 Å². The Morgan fingerprint density at radius 3 is 2.52 bits per heavy atom. The van der Waals surface area contributed by atoms with E-state index in [0.717, 1.165) is 5.56 Å². The molecule has 0 heterocycles. The molecule has 0 saturated heterocycles. The fourth-order valence-electron chi connectivity index (χ4n) is 1.70. The average Bonchev–Trinajstić information content (AvgIpc) is 2.48. The second-order valence-electron chi connectivity index (χ2n) is 4.28. The molecular weight excluding hydrogens is 295 g/mol. The predicted octanol–water partition coefficient (Wildman–Crippen LogP) is 4.23. The van der Waals surface area contributed by atoms with Crippen molar-refractivity contribution in [3.05, 3.63) is 64.4 Å². The maximum absolute atomic E-state index is 12.8. The lowest BCUT2D eigenvalue weighted by Gasteiger charge is -2.09. The average molecular weight is 309 g/mol. The molecule has 3 nitrogen and oxygen atoms in total. The van der Waals surface area contributed by atoms with E-state index < -0.39 is 5.97 Å². The first-order valence-corrected chi connectivity index (χ1v) is 6.82. The molecule has 0 aliphatic rings. The lowest BCUT2D eigenvalue weighted by atomic mass is 10.2. The molecule has 0 fully saturated rings. The van der Waals surface area contributed by atoms with Crippen LogP contribution in [0, 0.1) is 5.82 Å². The Kier molecular flexibility index (Phi) is 5.17. The Bertz CT molecular complexity index is 626. The van der Waals surface area contributed by atoms with Gasteiger partial charge in [0.25, 0.3) is 0 Å². The second kappa shape index (κ2) is 7.09. The molecule has 0 atom stereocenters. The van der Waals surface area contributed by atoms with Gasteiger partial charge in [0.15, 0.2) is 0 Å². The van der Waals surface area contributed by atoms with E-state index in [0.29, 0.717) is 22.9 Å². The summed E-state index contributed by atoms with van der Waals surface area (Å²) in [6.07, 6.45) is 0. The van der Waals surface area contributed by atoms with Crippen LogP contribution in [-0.2, 0) is 11.3 Å². The quantitative estimate of drug-likeness (QED) is 0.775. The van der Waals surface area contributed by atoms with Crippen LogP contribution in [0.4, 0.5) is 4.39 Å². The fourth-order valence-corrected chi connectivity index (χ4v) is 1.94. The van der Waals surface area contributed by atoms with Gasteiger partial charge >= 0.3 is 5.97 Å². The highest BCUT2D eigenvalue weighted by Gasteiger charge is 2.10. The number of esters is 1. The van der Waals surface area contributed by atoms with Crippen LogP contribution < -0.4 is 4.74 Å². The van der Waals surface area contributed by atoms with E-state index in [9.17, 15) is 9.18 Å². The summed E-state index contributed by atoms with van der Waals surface area (Å²) in [6.45, 7) is 2.30. The summed E-state index contributed by atoms with van der Waals surface area (Å²) in [7, 11) is 0. The van der Waals surface area contributed by atoms with E-state index in [-0.39, 0.29) is 12.4 Å². The lowest BCUT2D eigenvalue weighted by molar-refractivity contribution is 0.0526. The molecule has 0 spiro atoms. The van der Waals surface area contributed by atoms with Crippen molar-refractivity contribution in [3.63, 3.8) is 0 Å². The fraction of sp³-hybridized carbons (Fsp3) is 0.188. The smallest absolute Gasteiger partial charge is 0.338 e. The third-order valence-corrected chi connectivity index (χ3v) is 3.05. The number of rotatable bonds is 5. The van der Waals surface area contributed by atoms with Crippen molar-refractivity contribution >= 4 is 17.6 Å². The number of benzene rings is 2. The number of hydrogen-bond acceptors (Lipinski definition) is 3. The Morgan fingerprint density at radius 1 is 1.19 bits per heavy atom. The summed E-state index contributed by atoms with van der Waals surface area (Å²) in [5.41, 5.74) is 1.19. The number of hydrogen-bond donors (Lipinski definition) is 0. The van der Waals surface area contributed by atoms with Gasteiger partial charge < -0.3 is 9.47 Å². The van der Waals surface area contributed by atoms with Crippen molar-refractivity contribution in [1.82, 2.24) is 0 Å². The van der Waals surface area contributed by atoms with Gasteiger partial charge in [-0.05, 0) is 42.8 Å². The number of ether oxygens (including phenoxy) is 2. The molecule has 110 valence electrons. The van der Waals surface area contributed by atoms with Crippen LogP contribution in [0.3, 0.4) is 0 Å². The summed E-state index contributed by atoms with van der Waals surface area (Å²) in [4.78, 5) is 11.6. The van der Waals surface area contributed by atoms with E-state index in [1.165, 1.54) is 18.2 Å². The van der Waals surface area contributed by atoms with Gasteiger partial charge in [0.2, 0.25) is 0 Å². The molecule has 0 aliphatic carbocycles. The molecule has 0 radical (unpaired) electrons. The summed E-state index contributed by atoms with van der Waals surface area (Å²) in [5, 5.41) is 0.322. The van der Waals surface area contributed by atoms with Gasteiger partial charge in [0.05, 0.1) is 17.2 Å². The van der Waals surface area contributed by atoms with E-state index in [1.54, 1.807) is 31.2 Å². The molecule has 0 amide bonds. The molecule has 2 aromatic rings. The molecule has 0 aromatic heterocycles. The van der Waals surface area contributed by atoms with Crippen LogP contribution in [0.25, 0.3) is 0 Å². The Hall–Kier alpha value is -2.07. The number of carbonyl (C=O) groups is 1. The third-order valence-electron chi connectivity index (χ3n) is 2.75. The second-order valence-corrected chi connectivity index (χ2v) is 4.69. The van der Waals surface area contributed by atoms with E-state index in [4.69, 9.17) is 21.1 Å². The molecule has 0 N–H and O–H groups in total. The molecule has 2 rings (SSSR count). The van der Waals surface area contributed by atoms with Crippen molar-refractivity contribution in [2.24, 2.45) is 0 Å². The number of halogens is 2. The summed E-state index contributed by atoms with van der Waals surface area (Å²) < 4.78 is 23.2. The van der Waals surface area contributed by atoms with Crippen molar-refractivity contribution in [2.75, 3.05) is 6.61 Å². The van der Waals surface area contributed by atoms with Crippen LogP contribution in [0.1, 0.15) is 22.8 Å². The van der Waals surface area contributed by atoms with Gasteiger partial charge in [0, 0.05) is 0 Å². The first-order chi connectivity index (χ1) is 10.1. The molecule has 0 bridgehead atoms. The minimum absolute atomic E-state index is 0.263. The first-order valence-electron chi connectivity index (χ1n) is 6.44. The summed E-state index contributed by atoms with van der Waals surface area (Å²) in [6, 6.07) is 10.7. The normalized spacial score (nSPS) is 10.2. The largest absolute Gasteiger partial charge is 0.487 e. The Labute approximate surface area is 127 Å². The topological polar surface area (TPSA) is 35.5 Å². The maximum atomic E-state index is 12.8. The van der Waals surface area contributed by atoms with Gasteiger partial charge in [-0.2, -0.15) is 0 Å². The minimum Gasteiger partial charge on any atom is -0.487 e. The molecule has 21 heavy (non-hydrogen) atoms. The van der Waals surface area contributed by atoms with Crippen molar-refractivity contribution in [1.29, 1.82) is 0 Å². The Morgan fingerprint density at radius 2 is 1.90 bits per heavy atom. The van der Waals surface area contributed by atoms with Crippen molar-refractivity contribution < 1.29 is 18.7 Å². The zero-order chi connectivity index (χ0) is 15.2. The summed E-state index contributed by atoms with van der Waals surface area (Å²) in [5.74, 6) is -0.269. The Balaban J connectivity index is 2.04. The van der Waals surface area contributed by atoms with Gasteiger partial charge in [-0.25, -0.2) is 9.18 Å². The first kappa shape index (κ1) is 15.3. The molecule has 0 saturated carbocycles. The van der Waals surface area contributed by atoms with E-state index in [1.807, 2.05) is 0 Å². The lowest BCUT2D eigenvalue weighted by Crippen LogP contribution is -2.05. The highest BCUT2D eigenvalue weighted by molar-refractivity contribution is 6.32. The molecular formula is C16H14ClFO3. The van der Waals surface area contributed by atoms with Gasteiger partial charge in [-0.1, -0.05) is 23.7 Å². The van der Waals surface area contributed by atoms with Crippen LogP contribution >= 0.6 is 11.6 Å². The molecule has 5 heteroatoms. The number of carbonyl (C=O) groups excluding carboxylic acids is 1. The van der Waals surface area contributed by atoms with Crippen LogP contribution in [0.2, 0.25) is 5.02 Å². The van der Waals surface area contributed by atoms with Crippen LogP contribution in [0.5, 0.6) is 5.75 Å². The predicted molar refractivity (Wildman–Crippen MR) is 78.1 cm³/mol. The van der Waals surface area contributed by atoms with Gasteiger partial charge in [-0.3, -0.25) is 0 Å². The van der Waals surface area contributed by atoms with Crippen LogP contribution in [0.15, 0.2) is 42.5 Å². The monoisotopic (exact) mass is 308 g/mol. The van der Waals surface area contributed by atoms with E-state index in [2.05, 4.69) is 0 Å². The molecule has 2 aromatic carbocycles. The maximum Gasteiger partial charge on any atom is 0.338 e. The highest BCUT2D eigenvalue weighted by Crippen LogP contribution is 2.26. The van der Waals surface area contributed by atoms with Gasteiger partial charge in [-0.15, -0.1) is 0 Å². The van der Waals surface area contributed by atoms with Gasteiger partial charge in [0.1, 0.15) is 18.2 Å². The SMILES string of the molecule is CCOC(=O)c1ccc(OCc2ccc(F)cc2)c(Cl)c1. The molecule has 0 unspecified atom stereocenters. The van der Waals surface area contributed by atoms with E-state index >= 15 is 0 Å². The summed E-state index contributed by atoms with van der Waals surface area (Å²) >= 11 is 6.07.